The summed E-state index contributed by atoms with van der Waals surface area (Å²) in [7, 11) is 1.63. The minimum Gasteiger partial charge on any atom is -0.496 e. The van der Waals surface area contributed by atoms with E-state index in [0.717, 1.165) is 53.3 Å². The van der Waals surface area contributed by atoms with Crippen molar-refractivity contribution >= 4 is 45.7 Å². The lowest BCUT2D eigenvalue weighted by Crippen LogP contribution is -2.24. The van der Waals surface area contributed by atoms with E-state index in [4.69, 9.17) is 4.74 Å². The van der Waals surface area contributed by atoms with Gasteiger partial charge in [0, 0.05) is 27.4 Å². The molecule has 1 fully saturated rings. The molecule has 1 unspecified atom stereocenters. The predicted octanol–water partition coefficient (Wildman–Crippen LogP) is 6.46. The van der Waals surface area contributed by atoms with E-state index in [1.165, 1.54) is 29.5 Å². The van der Waals surface area contributed by atoms with Gasteiger partial charge in [0.1, 0.15) is 5.75 Å². The molecule has 4 rings (SSSR count). The number of thiazole rings is 1. The Morgan fingerprint density at radius 3 is 2.53 bits per heavy atom. The SMILES string of the molecule is COc1ccccc1-c1csc(NC(=O)C(C)Sc2ccc(NC(=O)C3CCCCC3)cc2)n1. The van der Waals surface area contributed by atoms with Crippen LogP contribution in [-0.4, -0.2) is 29.2 Å². The van der Waals surface area contributed by atoms with Gasteiger partial charge in [-0.15, -0.1) is 23.1 Å². The fourth-order valence-electron chi connectivity index (χ4n) is 4.00. The number of carbonyl (C=O) groups is 2. The van der Waals surface area contributed by atoms with Gasteiger partial charge in [0.2, 0.25) is 11.8 Å². The van der Waals surface area contributed by atoms with Crippen LogP contribution in [0.15, 0.2) is 58.8 Å². The average Bonchev–Trinajstić information content (AvgIpc) is 3.33. The number of ether oxygens (including phenoxy) is 1. The van der Waals surface area contributed by atoms with Crippen LogP contribution in [0.4, 0.5) is 10.8 Å². The van der Waals surface area contributed by atoms with E-state index in [0.29, 0.717) is 5.13 Å². The van der Waals surface area contributed by atoms with Crippen molar-refractivity contribution in [3.63, 3.8) is 0 Å². The number of hydrogen-bond donors (Lipinski definition) is 2. The zero-order chi connectivity index (χ0) is 23.9. The first kappa shape index (κ1) is 24.3. The zero-order valence-electron chi connectivity index (χ0n) is 19.4. The summed E-state index contributed by atoms with van der Waals surface area (Å²) in [6.07, 6.45) is 5.46. The molecule has 1 aromatic heterocycles. The molecule has 0 radical (unpaired) electrons. The number of aromatic nitrogens is 1. The fraction of sp³-hybridized carbons (Fsp3) is 0.346. The topological polar surface area (TPSA) is 80.3 Å². The Morgan fingerprint density at radius 2 is 1.79 bits per heavy atom. The standard InChI is InChI=1S/C26H29N3O3S2/c1-17(24(30)29-26-28-22(16-33-26)21-10-6-7-11-23(21)32-2)34-20-14-12-19(13-15-20)27-25(31)18-8-4-3-5-9-18/h6-7,10-18H,3-5,8-9H2,1-2H3,(H,27,31)(H,28,29,30). The molecule has 178 valence electrons. The van der Waals surface area contributed by atoms with E-state index in [9.17, 15) is 9.59 Å². The van der Waals surface area contributed by atoms with Gasteiger partial charge in [-0.25, -0.2) is 4.98 Å². The van der Waals surface area contributed by atoms with Crippen LogP contribution in [0.25, 0.3) is 11.3 Å². The summed E-state index contributed by atoms with van der Waals surface area (Å²) >= 11 is 2.85. The number of thioether (sulfide) groups is 1. The van der Waals surface area contributed by atoms with Gasteiger partial charge in [0.25, 0.3) is 0 Å². The number of rotatable bonds is 8. The Morgan fingerprint density at radius 1 is 1.06 bits per heavy atom. The molecule has 8 heteroatoms. The predicted molar refractivity (Wildman–Crippen MR) is 140 cm³/mol. The van der Waals surface area contributed by atoms with Crippen molar-refractivity contribution in [3.8, 4) is 17.0 Å². The molecule has 6 nitrogen and oxygen atoms in total. The summed E-state index contributed by atoms with van der Waals surface area (Å²) < 4.78 is 5.41. The maximum atomic E-state index is 12.7. The van der Waals surface area contributed by atoms with Crippen LogP contribution in [0, 0.1) is 5.92 Å². The number of anilines is 2. The molecule has 1 saturated carbocycles. The second kappa shape index (κ2) is 11.5. The van der Waals surface area contributed by atoms with Crippen LogP contribution >= 0.6 is 23.1 Å². The smallest absolute Gasteiger partial charge is 0.239 e. The first-order chi connectivity index (χ1) is 16.5. The van der Waals surface area contributed by atoms with Gasteiger partial charge >= 0.3 is 0 Å². The van der Waals surface area contributed by atoms with E-state index in [1.54, 1.807) is 7.11 Å². The average molecular weight is 496 g/mol. The van der Waals surface area contributed by atoms with E-state index in [2.05, 4.69) is 15.6 Å². The van der Waals surface area contributed by atoms with Crippen LogP contribution in [0.3, 0.4) is 0 Å². The van der Waals surface area contributed by atoms with E-state index >= 15 is 0 Å². The summed E-state index contributed by atoms with van der Waals surface area (Å²) in [4.78, 5) is 30.7. The van der Waals surface area contributed by atoms with Gasteiger partial charge in [0.05, 0.1) is 18.1 Å². The molecule has 0 aliphatic heterocycles. The maximum absolute atomic E-state index is 12.7. The third-order valence-electron chi connectivity index (χ3n) is 5.90. The Labute approximate surface area is 208 Å². The van der Waals surface area contributed by atoms with Gasteiger partial charge in [-0.3, -0.25) is 9.59 Å². The first-order valence-electron chi connectivity index (χ1n) is 11.5. The van der Waals surface area contributed by atoms with E-state index in [-0.39, 0.29) is 23.0 Å². The van der Waals surface area contributed by atoms with Crippen LogP contribution in [-0.2, 0) is 9.59 Å². The number of carbonyl (C=O) groups excluding carboxylic acids is 2. The second-order valence-electron chi connectivity index (χ2n) is 8.34. The van der Waals surface area contributed by atoms with Gasteiger partial charge in [0.15, 0.2) is 5.13 Å². The number of benzene rings is 2. The first-order valence-corrected chi connectivity index (χ1v) is 13.3. The summed E-state index contributed by atoms with van der Waals surface area (Å²) in [6, 6.07) is 15.3. The number of methoxy groups -OCH3 is 1. The molecule has 2 aromatic carbocycles. The van der Waals surface area contributed by atoms with E-state index in [1.807, 2.05) is 60.8 Å². The molecule has 2 N–H and O–H groups in total. The number of nitrogens with zero attached hydrogens (tertiary/aromatic N) is 1. The Kier molecular flexibility index (Phi) is 8.24. The van der Waals surface area contributed by atoms with Crippen molar-refractivity contribution in [2.75, 3.05) is 17.7 Å². The molecule has 1 aliphatic rings. The zero-order valence-corrected chi connectivity index (χ0v) is 21.0. The Balaban J connectivity index is 1.30. The van der Waals surface area contributed by atoms with Crippen LogP contribution in [0.1, 0.15) is 39.0 Å². The summed E-state index contributed by atoms with van der Waals surface area (Å²) in [5, 5.41) is 8.10. The maximum Gasteiger partial charge on any atom is 0.239 e. The highest BCUT2D eigenvalue weighted by molar-refractivity contribution is 8.00. The lowest BCUT2D eigenvalue weighted by Gasteiger charge is -2.20. The molecule has 3 aromatic rings. The lowest BCUT2D eigenvalue weighted by molar-refractivity contribution is -0.120. The van der Waals surface area contributed by atoms with Crippen molar-refractivity contribution in [2.45, 2.75) is 49.2 Å². The van der Waals surface area contributed by atoms with Crippen molar-refractivity contribution < 1.29 is 14.3 Å². The van der Waals surface area contributed by atoms with Crippen LogP contribution < -0.4 is 15.4 Å². The van der Waals surface area contributed by atoms with Crippen molar-refractivity contribution in [2.24, 2.45) is 5.92 Å². The van der Waals surface area contributed by atoms with Gasteiger partial charge in [-0.1, -0.05) is 31.4 Å². The molecular weight excluding hydrogens is 466 g/mol. The monoisotopic (exact) mass is 495 g/mol. The Hall–Kier alpha value is -2.84. The molecule has 0 bridgehead atoms. The second-order valence-corrected chi connectivity index (χ2v) is 10.6. The van der Waals surface area contributed by atoms with Crippen molar-refractivity contribution in [1.29, 1.82) is 0 Å². The molecule has 1 heterocycles. The molecular formula is C26H29N3O3S2. The molecule has 1 atom stereocenters. The third-order valence-corrected chi connectivity index (χ3v) is 7.77. The van der Waals surface area contributed by atoms with Crippen LogP contribution in [0.5, 0.6) is 5.75 Å². The minimum absolute atomic E-state index is 0.111. The van der Waals surface area contributed by atoms with Crippen LogP contribution in [0.2, 0.25) is 0 Å². The van der Waals surface area contributed by atoms with Gasteiger partial charge in [-0.2, -0.15) is 0 Å². The van der Waals surface area contributed by atoms with Gasteiger partial charge in [-0.05, 0) is 56.2 Å². The largest absolute Gasteiger partial charge is 0.496 e. The molecule has 0 spiro atoms. The summed E-state index contributed by atoms with van der Waals surface area (Å²) in [5.41, 5.74) is 2.45. The lowest BCUT2D eigenvalue weighted by atomic mass is 9.88. The fourth-order valence-corrected chi connectivity index (χ4v) is 5.58. The number of hydrogen-bond acceptors (Lipinski definition) is 6. The highest BCUT2D eigenvalue weighted by atomic mass is 32.2. The molecule has 1 aliphatic carbocycles. The molecule has 0 saturated heterocycles. The van der Waals surface area contributed by atoms with Crippen molar-refractivity contribution in [1.82, 2.24) is 4.98 Å². The van der Waals surface area contributed by atoms with E-state index < -0.39 is 0 Å². The summed E-state index contributed by atoms with van der Waals surface area (Å²) in [6.45, 7) is 1.87. The molecule has 34 heavy (non-hydrogen) atoms. The number of nitrogens with one attached hydrogen (secondary N) is 2. The quantitative estimate of drug-likeness (QED) is 0.351. The highest BCUT2D eigenvalue weighted by Gasteiger charge is 2.21. The third kappa shape index (κ3) is 6.18. The van der Waals surface area contributed by atoms with Crippen molar-refractivity contribution in [3.05, 3.63) is 53.9 Å². The number of amides is 2. The highest BCUT2D eigenvalue weighted by Crippen LogP contribution is 2.33. The number of para-hydroxylation sites is 1. The minimum atomic E-state index is -0.304. The summed E-state index contributed by atoms with van der Waals surface area (Å²) in [5.74, 6) is 0.873. The Bertz CT molecular complexity index is 1120. The van der Waals surface area contributed by atoms with Gasteiger partial charge < -0.3 is 15.4 Å². The normalized spacial score (nSPS) is 14.9. The molecule has 2 amide bonds.